The molecule has 0 saturated carbocycles. The van der Waals surface area contributed by atoms with Crippen LogP contribution in [0.25, 0.3) is 0 Å². The molecular weight excluding hydrogens is 1130 g/mol. The molecule has 468 valence electrons. The Bertz CT molecular complexity index is 2230. The molecule has 0 N–H and O–H groups in total. The molecule has 3 unspecified atom stereocenters. The van der Waals surface area contributed by atoms with Crippen LogP contribution in [0, 0.1) is 11.8 Å². The van der Waals surface area contributed by atoms with E-state index < -0.39 is 92.0 Å². The first-order valence-corrected chi connectivity index (χ1v) is 41.4. The lowest BCUT2D eigenvalue weighted by atomic mass is 9.82. The van der Waals surface area contributed by atoms with E-state index >= 15 is 0 Å². The van der Waals surface area contributed by atoms with Gasteiger partial charge in [-0.3, -0.25) is 18.7 Å². The van der Waals surface area contributed by atoms with Gasteiger partial charge in [0, 0.05) is 32.0 Å². The number of carbonyl (C=O) groups excluding carboxylic acids is 2. The molecular formula is C63H110O14P2Si3. The van der Waals surface area contributed by atoms with Crippen LogP contribution < -0.4 is 0 Å². The number of esters is 1. The normalized spacial score (nSPS) is 32.7. The third-order valence-electron chi connectivity index (χ3n) is 19.8. The fourth-order valence-electron chi connectivity index (χ4n) is 11.5. The summed E-state index contributed by atoms with van der Waals surface area (Å²) in [6.07, 6.45) is 4.47. The second-order valence-electron chi connectivity index (χ2n) is 29.5. The maximum atomic E-state index is 14.5. The quantitative estimate of drug-likeness (QED) is 0.0191. The SMILES string of the molecule is C=C=C(C)C[C@@H](C)CC[C@@H]1OC(CCC(=O)/C=C/[C@H](O[Si](C)(C)C(C)(C)C)[C@@H]2O[C@H]3CC[C@H](CC(=O)OC4[C@H](CC(C)OC)O[C@H]5C[C@@H](P=O)[C@@H](CCP=O)O[C@H]5[C@@H]4C)O[C@@H]3[C@H](O[Si](C)(C)C(C)(C)C)[C@@H]2O[Si](C)(C)C(C)(C)C)CC1=C. The summed E-state index contributed by atoms with van der Waals surface area (Å²) in [6.45, 7) is 50.1. The number of hydrogen-bond donors (Lipinski definition) is 0. The second-order valence-corrected chi connectivity index (χ2v) is 45.3. The summed E-state index contributed by atoms with van der Waals surface area (Å²) in [4.78, 5) is 28.7. The minimum absolute atomic E-state index is 0.00422. The number of ketones is 1. The van der Waals surface area contributed by atoms with Crippen molar-refractivity contribution in [3.05, 3.63) is 42.2 Å². The number of carbonyl (C=O) groups is 2. The third-order valence-corrected chi connectivity index (χ3v) is 34.5. The van der Waals surface area contributed by atoms with Crippen LogP contribution in [0.1, 0.15) is 167 Å². The molecule has 19 heteroatoms. The summed E-state index contributed by atoms with van der Waals surface area (Å²) in [6, 6.07) is 0. The minimum atomic E-state index is -2.62. The van der Waals surface area contributed by atoms with Crippen molar-refractivity contribution >= 4 is 53.6 Å². The van der Waals surface area contributed by atoms with Crippen LogP contribution >= 0.6 is 16.9 Å². The van der Waals surface area contributed by atoms with Crippen LogP contribution in [-0.4, -0.2) is 147 Å². The molecule has 0 radical (unpaired) electrons. The van der Waals surface area contributed by atoms with Crippen LogP contribution in [0.5, 0.6) is 0 Å². The summed E-state index contributed by atoms with van der Waals surface area (Å²) >= 11 is 0. The van der Waals surface area contributed by atoms with Gasteiger partial charge in [-0.2, -0.15) is 0 Å². The Balaban J connectivity index is 1.45. The van der Waals surface area contributed by atoms with Gasteiger partial charge in [0.2, 0.25) is 0 Å². The maximum absolute atomic E-state index is 14.5. The topological polar surface area (TPSA) is 161 Å². The molecule has 0 aliphatic carbocycles. The van der Waals surface area contributed by atoms with E-state index in [2.05, 4.69) is 134 Å². The first kappa shape index (κ1) is 71.4. The zero-order valence-corrected chi connectivity index (χ0v) is 59.1. The second kappa shape index (κ2) is 29.8. The highest BCUT2D eigenvalue weighted by Crippen LogP contribution is 2.48. The molecule has 5 heterocycles. The van der Waals surface area contributed by atoms with Gasteiger partial charge in [-0.1, -0.05) is 95.4 Å². The molecule has 5 fully saturated rings. The van der Waals surface area contributed by atoms with Gasteiger partial charge in [0.05, 0.1) is 73.1 Å². The van der Waals surface area contributed by atoms with Crippen molar-refractivity contribution in [1.29, 1.82) is 0 Å². The molecule has 5 saturated heterocycles. The molecule has 14 nitrogen and oxygen atoms in total. The van der Waals surface area contributed by atoms with Gasteiger partial charge >= 0.3 is 5.97 Å². The Morgan fingerprint density at radius 1 is 0.780 bits per heavy atom. The molecule has 5 rings (SSSR count). The van der Waals surface area contributed by atoms with E-state index in [4.69, 9.17) is 46.4 Å². The van der Waals surface area contributed by atoms with Gasteiger partial charge in [-0.05, 0) is 149 Å². The van der Waals surface area contributed by atoms with Gasteiger partial charge in [-0.15, -0.1) is 5.73 Å². The zero-order chi connectivity index (χ0) is 61.5. The maximum Gasteiger partial charge on any atom is 0.308 e. The van der Waals surface area contributed by atoms with Crippen molar-refractivity contribution in [1.82, 2.24) is 0 Å². The average molecular weight is 1240 g/mol. The number of rotatable bonds is 27. The lowest BCUT2D eigenvalue weighted by Crippen LogP contribution is -2.69. The fraction of sp³-hybridized carbons (Fsp3) is 0.857. The first-order valence-electron chi connectivity index (χ1n) is 30.8. The Hall–Kier alpha value is -1.37. The molecule has 0 spiro atoms. The van der Waals surface area contributed by atoms with Crippen molar-refractivity contribution in [3.63, 3.8) is 0 Å². The van der Waals surface area contributed by atoms with Crippen molar-refractivity contribution in [2.75, 3.05) is 13.3 Å². The molecule has 18 atom stereocenters. The lowest BCUT2D eigenvalue weighted by Gasteiger charge is -2.56. The van der Waals surface area contributed by atoms with Gasteiger partial charge < -0.3 is 46.4 Å². The van der Waals surface area contributed by atoms with Crippen molar-refractivity contribution < 1.29 is 65.2 Å². The highest BCUT2D eigenvalue weighted by molar-refractivity contribution is 7.25. The Morgan fingerprint density at radius 3 is 2.00 bits per heavy atom. The van der Waals surface area contributed by atoms with E-state index in [1.807, 2.05) is 19.9 Å². The smallest absolute Gasteiger partial charge is 0.308 e. The van der Waals surface area contributed by atoms with E-state index in [1.54, 1.807) is 13.2 Å². The zero-order valence-electron chi connectivity index (χ0n) is 54.3. The summed E-state index contributed by atoms with van der Waals surface area (Å²) in [5, 5.41) is -0.548. The number of methoxy groups -OCH3 is 1. The monoisotopic (exact) mass is 1240 g/mol. The number of fused-ring (bicyclic) bond motifs is 2. The first-order chi connectivity index (χ1) is 38.0. The third kappa shape index (κ3) is 18.8. The molecule has 5 aliphatic heterocycles. The average Bonchev–Trinajstić information content (AvgIpc) is 3.27. The molecule has 0 aromatic rings. The van der Waals surface area contributed by atoms with Crippen LogP contribution in [0.2, 0.25) is 54.4 Å². The molecule has 0 aromatic heterocycles. The van der Waals surface area contributed by atoms with Crippen molar-refractivity contribution in [2.24, 2.45) is 11.8 Å². The molecule has 82 heavy (non-hydrogen) atoms. The van der Waals surface area contributed by atoms with Crippen LogP contribution in [-0.2, 0) is 65.2 Å². The fourth-order valence-corrected chi connectivity index (χ4v) is 16.3. The minimum Gasteiger partial charge on any atom is -0.459 e. The summed E-state index contributed by atoms with van der Waals surface area (Å²) in [5.74, 6) is -0.179. The number of ether oxygens (including phenoxy) is 7. The predicted molar refractivity (Wildman–Crippen MR) is 335 cm³/mol. The molecule has 0 aromatic carbocycles. The van der Waals surface area contributed by atoms with Gasteiger partial charge in [0.25, 0.3) is 0 Å². The van der Waals surface area contributed by atoms with E-state index in [0.717, 1.165) is 31.3 Å². The van der Waals surface area contributed by atoms with E-state index in [0.29, 0.717) is 57.0 Å². The van der Waals surface area contributed by atoms with E-state index in [1.165, 1.54) is 5.57 Å². The van der Waals surface area contributed by atoms with Gasteiger partial charge in [-0.25, -0.2) is 0 Å². The standard InChI is InChI=1S/C63H110O14P2Si3/c1-23-39(2)34-40(3)24-29-47-41(4)35-45(69-47)27-25-44(64)26-30-50(75-80(17,18)61(7,8)9)58-60(77-82(21,22)63(13,14)15)59(76-81(19,20)62(10,11)12)57-49(73-58)31-28-46(70-57)37-54(65)74-56-43(6)55-52(71-51(56)36-42(5)68-16)38-53(79-67)48(72-55)32-33-78-66/h26,30,40,42-43,45-53,55-60H,1,4,24-25,27-29,31-38H2,2-3,5-22H3/b30-26+/t40-,42?,43-,45?,46+,47-,48+,49-,50-,51-,52-,53+,55-,56?,57-,58-,59-,60+/m0/s1. The largest absolute Gasteiger partial charge is 0.459 e. The Morgan fingerprint density at radius 2 is 1.41 bits per heavy atom. The lowest BCUT2D eigenvalue weighted by molar-refractivity contribution is -0.269. The summed E-state index contributed by atoms with van der Waals surface area (Å²) in [5.41, 5.74) is 5.00. The van der Waals surface area contributed by atoms with Crippen LogP contribution in [0.3, 0.4) is 0 Å². The van der Waals surface area contributed by atoms with Gasteiger partial charge in [0.1, 0.15) is 30.5 Å². The number of hydrogen-bond acceptors (Lipinski definition) is 14. The summed E-state index contributed by atoms with van der Waals surface area (Å²) < 4.78 is 93.4. The van der Waals surface area contributed by atoms with Crippen molar-refractivity contribution in [3.8, 4) is 0 Å². The highest BCUT2D eigenvalue weighted by atomic mass is 31.1. The molecule has 5 aliphatic rings. The summed E-state index contributed by atoms with van der Waals surface area (Å²) in [7, 11) is -6.16. The van der Waals surface area contributed by atoms with Gasteiger partial charge in [0.15, 0.2) is 47.7 Å². The molecule has 0 amide bonds. The Kier molecular flexibility index (Phi) is 25.9. The Labute approximate surface area is 502 Å². The van der Waals surface area contributed by atoms with Crippen molar-refractivity contribution in [2.45, 2.75) is 319 Å². The van der Waals surface area contributed by atoms with Crippen LogP contribution in [0.15, 0.2) is 42.2 Å². The predicted octanol–water partition coefficient (Wildman–Crippen LogP) is 15.3. The highest BCUT2D eigenvalue weighted by Gasteiger charge is 2.59. The number of allylic oxidation sites excluding steroid dienone is 2. The van der Waals surface area contributed by atoms with Crippen LogP contribution in [0.4, 0.5) is 0 Å². The van der Waals surface area contributed by atoms with E-state index in [9.17, 15) is 18.7 Å². The van der Waals surface area contributed by atoms with E-state index in [-0.39, 0.29) is 86.3 Å². The molecule has 0 bridgehead atoms.